The number of aryl methyl sites for hydroxylation is 1. The third kappa shape index (κ3) is 5.01. The largest absolute Gasteiger partial charge is 0.459 e. The van der Waals surface area contributed by atoms with E-state index in [0.717, 1.165) is 22.6 Å². The number of aromatic nitrogens is 1. The molecule has 0 spiro atoms. The van der Waals surface area contributed by atoms with Gasteiger partial charge in [-0.15, -0.1) is 0 Å². The first-order chi connectivity index (χ1) is 17.9. The number of carbonyl (C=O) groups excluding carboxylic acids is 1. The predicted octanol–water partition coefficient (Wildman–Crippen LogP) is 7.08. The predicted molar refractivity (Wildman–Crippen MR) is 150 cm³/mol. The second-order valence-corrected chi connectivity index (χ2v) is 10.0. The number of anilines is 2. The van der Waals surface area contributed by atoms with E-state index in [0.29, 0.717) is 33.1 Å². The van der Waals surface area contributed by atoms with Gasteiger partial charge < -0.3 is 20.0 Å². The summed E-state index contributed by atoms with van der Waals surface area (Å²) in [4.78, 5) is 18.5. The van der Waals surface area contributed by atoms with Crippen molar-refractivity contribution in [3.05, 3.63) is 100 Å². The van der Waals surface area contributed by atoms with E-state index < -0.39 is 0 Å². The molecule has 2 aromatic heterocycles. The van der Waals surface area contributed by atoms with Gasteiger partial charge in [-0.25, -0.2) is 4.39 Å². The maximum Gasteiger partial charge on any atom is 0.224 e. The van der Waals surface area contributed by atoms with E-state index in [-0.39, 0.29) is 23.8 Å². The number of nitrogens with one attached hydrogen (secondary N) is 2. The van der Waals surface area contributed by atoms with Gasteiger partial charge in [-0.2, -0.15) is 0 Å². The van der Waals surface area contributed by atoms with Crippen LogP contribution < -0.4 is 15.5 Å². The molecule has 0 radical (unpaired) electrons. The van der Waals surface area contributed by atoms with Crippen molar-refractivity contribution in [3.8, 4) is 11.3 Å². The highest BCUT2D eigenvalue weighted by molar-refractivity contribution is 9.10. The van der Waals surface area contributed by atoms with Crippen molar-refractivity contribution in [2.24, 2.45) is 0 Å². The van der Waals surface area contributed by atoms with Gasteiger partial charge >= 0.3 is 0 Å². The lowest BCUT2D eigenvalue weighted by atomic mass is 10.0. The van der Waals surface area contributed by atoms with E-state index in [9.17, 15) is 9.18 Å². The molecule has 1 amide bonds. The van der Waals surface area contributed by atoms with E-state index in [2.05, 4.69) is 31.5 Å². The number of hydrogen-bond donors (Lipinski definition) is 2. The highest BCUT2D eigenvalue weighted by Gasteiger charge is 2.42. The first-order valence-corrected chi connectivity index (χ1v) is 13.0. The van der Waals surface area contributed by atoms with Gasteiger partial charge in [0.05, 0.1) is 17.3 Å². The minimum atomic E-state index is -0.384. The van der Waals surface area contributed by atoms with Gasteiger partial charge in [0.15, 0.2) is 5.11 Å². The third-order valence-electron chi connectivity index (χ3n) is 6.30. The molecule has 37 heavy (non-hydrogen) atoms. The Morgan fingerprint density at radius 3 is 2.73 bits per heavy atom. The summed E-state index contributed by atoms with van der Waals surface area (Å²) in [5, 5.41) is 6.83. The Hall–Kier alpha value is -3.56. The molecule has 1 fully saturated rings. The number of benzene rings is 2. The second-order valence-electron chi connectivity index (χ2n) is 8.72. The number of furan rings is 1. The molecule has 9 heteroatoms. The van der Waals surface area contributed by atoms with Crippen molar-refractivity contribution in [3.63, 3.8) is 0 Å². The Morgan fingerprint density at radius 2 is 2.03 bits per heavy atom. The van der Waals surface area contributed by atoms with Crippen LogP contribution in [0.4, 0.5) is 15.8 Å². The number of rotatable bonds is 6. The van der Waals surface area contributed by atoms with Crippen LogP contribution in [0.15, 0.2) is 81.8 Å². The lowest BCUT2D eigenvalue weighted by Gasteiger charge is -2.26. The molecule has 0 saturated carbocycles. The molecule has 4 aromatic rings. The second kappa shape index (κ2) is 10.4. The molecule has 2 atom stereocenters. The minimum Gasteiger partial charge on any atom is -0.459 e. The quantitative estimate of drug-likeness (QED) is 0.238. The first kappa shape index (κ1) is 25.1. The summed E-state index contributed by atoms with van der Waals surface area (Å²) in [6.07, 6.45) is 2.13. The fraction of sp³-hybridized carbons (Fsp3) is 0.179. The molecule has 6 nitrogen and oxygen atoms in total. The summed E-state index contributed by atoms with van der Waals surface area (Å²) in [7, 11) is 0. The molecule has 0 bridgehead atoms. The Balaban J connectivity index is 1.57. The van der Waals surface area contributed by atoms with Gasteiger partial charge in [-0.1, -0.05) is 28.9 Å². The lowest BCUT2D eigenvalue weighted by molar-refractivity contribution is -0.115. The van der Waals surface area contributed by atoms with Crippen molar-refractivity contribution in [2.45, 2.75) is 32.4 Å². The van der Waals surface area contributed by atoms with Gasteiger partial charge in [0.25, 0.3) is 0 Å². The number of nitrogens with zero attached hydrogens (tertiary/aromatic N) is 2. The number of hydrogen-bond acceptors (Lipinski definition) is 4. The molecule has 188 valence electrons. The van der Waals surface area contributed by atoms with Crippen LogP contribution in [0.2, 0.25) is 0 Å². The zero-order valence-electron chi connectivity index (χ0n) is 20.2. The van der Waals surface area contributed by atoms with E-state index in [1.165, 1.54) is 6.07 Å². The van der Waals surface area contributed by atoms with E-state index in [4.69, 9.17) is 16.6 Å². The molecular formula is C28H24BrFN4O2S. The van der Waals surface area contributed by atoms with Gasteiger partial charge in [0.2, 0.25) is 5.91 Å². The normalized spacial score (nSPS) is 17.1. The van der Waals surface area contributed by atoms with E-state index in [1.54, 1.807) is 24.4 Å². The van der Waals surface area contributed by atoms with Crippen molar-refractivity contribution in [2.75, 3.05) is 10.2 Å². The first-order valence-electron chi connectivity index (χ1n) is 11.8. The van der Waals surface area contributed by atoms with Crippen LogP contribution in [-0.4, -0.2) is 16.0 Å². The van der Waals surface area contributed by atoms with Crippen LogP contribution in [-0.2, 0) is 4.79 Å². The molecule has 1 aliphatic heterocycles. The third-order valence-corrected chi connectivity index (χ3v) is 7.10. The SMILES string of the molecule is CCC(=O)Nc1ccc(N2C(=S)N[C@@H](c3ccccn3)[C@H]2c2ccc(-c3ccc(Br)cc3F)o2)cc1C. The number of carbonyl (C=O) groups is 1. The van der Waals surface area contributed by atoms with Crippen LogP contribution in [0, 0.1) is 12.7 Å². The molecule has 3 heterocycles. The molecule has 1 aliphatic rings. The van der Waals surface area contributed by atoms with Crippen LogP contribution >= 0.6 is 28.1 Å². The van der Waals surface area contributed by atoms with Crippen molar-refractivity contribution in [1.82, 2.24) is 10.3 Å². The fourth-order valence-corrected chi connectivity index (χ4v) is 5.12. The van der Waals surface area contributed by atoms with Crippen molar-refractivity contribution in [1.29, 1.82) is 0 Å². The van der Waals surface area contributed by atoms with Crippen molar-refractivity contribution < 1.29 is 13.6 Å². The Bertz CT molecular complexity index is 1480. The topological polar surface area (TPSA) is 70.4 Å². The number of thiocarbonyl (C=S) groups is 1. The maximum absolute atomic E-state index is 14.7. The number of pyridine rings is 1. The lowest BCUT2D eigenvalue weighted by Crippen LogP contribution is -2.29. The zero-order valence-corrected chi connectivity index (χ0v) is 22.6. The van der Waals surface area contributed by atoms with E-state index in [1.807, 2.05) is 61.2 Å². The van der Waals surface area contributed by atoms with Crippen LogP contribution in [0.3, 0.4) is 0 Å². The van der Waals surface area contributed by atoms with Crippen LogP contribution in [0.25, 0.3) is 11.3 Å². The maximum atomic E-state index is 14.7. The summed E-state index contributed by atoms with van der Waals surface area (Å²) in [5.74, 6) is 0.604. The molecule has 2 N–H and O–H groups in total. The molecular weight excluding hydrogens is 555 g/mol. The van der Waals surface area contributed by atoms with Crippen molar-refractivity contribution >= 4 is 50.5 Å². The zero-order chi connectivity index (χ0) is 26.1. The minimum absolute atomic E-state index is 0.0504. The van der Waals surface area contributed by atoms with E-state index >= 15 is 0 Å². The average Bonchev–Trinajstić information content (AvgIpc) is 3.50. The van der Waals surface area contributed by atoms with Gasteiger partial charge in [-0.3, -0.25) is 9.78 Å². The Morgan fingerprint density at radius 1 is 1.19 bits per heavy atom. The summed E-state index contributed by atoms with van der Waals surface area (Å²) in [5.41, 5.74) is 3.65. The van der Waals surface area contributed by atoms with Gasteiger partial charge in [0, 0.05) is 28.5 Å². The smallest absolute Gasteiger partial charge is 0.224 e. The molecule has 0 aliphatic carbocycles. The summed E-state index contributed by atoms with van der Waals surface area (Å²) in [6.45, 7) is 3.75. The Labute approximate surface area is 228 Å². The highest BCUT2D eigenvalue weighted by atomic mass is 79.9. The van der Waals surface area contributed by atoms with Gasteiger partial charge in [0.1, 0.15) is 23.4 Å². The fourth-order valence-electron chi connectivity index (χ4n) is 4.44. The molecule has 5 rings (SSSR count). The summed E-state index contributed by atoms with van der Waals surface area (Å²) in [6, 6.07) is 19.3. The van der Waals surface area contributed by atoms with Crippen LogP contribution in [0.5, 0.6) is 0 Å². The van der Waals surface area contributed by atoms with Crippen LogP contribution in [0.1, 0.15) is 42.4 Å². The summed E-state index contributed by atoms with van der Waals surface area (Å²) < 4.78 is 21.6. The monoisotopic (exact) mass is 578 g/mol. The molecule has 2 aromatic carbocycles. The Kier molecular flexibility index (Phi) is 7.08. The number of amides is 1. The number of halogens is 2. The average molecular weight is 579 g/mol. The van der Waals surface area contributed by atoms with Gasteiger partial charge in [-0.05, 0) is 85.4 Å². The summed E-state index contributed by atoms with van der Waals surface area (Å²) >= 11 is 9.09. The highest BCUT2D eigenvalue weighted by Crippen LogP contribution is 2.43. The molecule has 0 unspecified atom stereocenters. The molecule has 1 saturated heterocycles. The standard InChI is InChI=1S/C28H24BrFN4O2S/c1-3-25(35)32-21-10-8-18(14-16(21)2)34-27(26(33-28(34)37)22-6-4-5-13-31-22)24-12-11-23(36-24)19-9-7-17(29)15-20(19)30/h4-15,26-27H,3H2,1-2H3,(H,32,35)(H,33,37)/t26-,27+/m0/s1.